The maximum atomic E-state index is 13.4. The molecular weight excluding hydrogens is 646 g/mol. The summed E-state index contributed by atoms with van der Waals surface area (Å²) in [7, 11) is -0.931. The van der Waals surface area contributed by atoms with Crippen molar-refractivity contribution in [2.24, 2.45) is 7.05 Å². The summed E-state index contributed by atoms with van der Waals surface area (Å²) < 4.78 is 47.2. The summed E-state index contributed by atoms with van der Waals surface area (Å²) in [6, 6.07) is 16.4. The van der Waals surface area contributed by atoms with Crippen molar-refractivity contribution in [3.8, 4) is 17.6 Å². The number of nitrogens with one attached hydrogen (secondary N) is 2. The zero-order chi connectivity index (χ0) is 35.3. The molecule has 0 atom stereocenters. The molecular formula is C37H39N3O8S. The number of anilines is 1. The summed E-state index contributed by atoms with van der Waals surface area (Å²) in [5, 5.41) is 3.77. The Morgan fingerprint density at radius 2 is 1.73 bits per heavy atom. The largest absolute Gasteiger partial charge is 0.496 e. The average molecular weight is 686 g/mol. The maximum absolute atomic E-state index is 13.4. The summed E-state index contributed by atoms with van der Waals surface area (Å²) >= 11 is 0. The van der Waals surface area contributed by atoms with Crippen LogP contribution in [-0.4, -0.2) is 49.8 Å². The van der Waals surface area contributed by atoms with Crippen LogP contribution in [0.4, 0.5) is 10.5 Å². The van der Waals surface area contributed by atoms with Crippen molar-refractivity contribution in [1.82, 2.24) is 9.29 Å². The minimum absolute atomic E-state index is 0.0451. The Kier molecular flexibility index (Phi) is 10.3. The normalized spacial score (nSPS) is 13.3. The average Bonchev–Trinajstić information content (AvgIpc) is 3.66. The van der Waals surface area contributed by atoms with Crippen molar-refractivity contribution in [3.63, 3.8) is 0 Å². The number of amides is 2. The smallest absolute Gasteiger partial charge is 0.411 e. The summed E-state index contributed by atoms with van der Waals surface area (Å²) in [4.78, 5) is 36.9. The van der Waals surface area contributed by atoms with Crippen molar-refractivity contribution < 1.29 is 37.0 Å². The number of aryl methyl sites for hydroxylation is 1. The van der Waals surface area contributed by atoms with Gasteiger partial charge in [-0.15, -0.1) is 0 Å². The fourth-order valence-electron chi connectivity index (χ4n) is 5.88. The van der Waals surface area contributed by atoms with Gasteiger partial charge in [-0.3, -0.25) is 14.9 Å². The van der Waals surface area contributed by atoms with Crippen LogP contribution in [0.3, 0.4) is 0 Å². The van der Waals surface area contributed by atoms with E-state index in [9.17, 15) is 22.8 Å². The Hall–Kier alpha value is -5.28. The number of sulfonamides is 1. The molecule has 1 fully saturated rings. The Balaban J connectivity index is 1.34. The number of carbonyl (C=O) groups is 3. The topological polar surface area (TPSA) is 142 Å². The molecule has 2 amide bonds. The first-order chi connectivity index (χ1) is 23.2. The third-order valence-electron chi connectivity index (χ3n) is 8.13. The van der Waals surface area contributed by atoms with Crippen molar-refractivity contribution >= 4 is 44.6 Å². The molecule has 1 aliphatic carbocycles. The van der Waals surface area contributed by atoms with Crippen LogP contribution in [0.2, 0.25) is 0 Å². The first kappa shape index (κ1) is 35.0. The van der Waals surface area contributed by atoms with E-state index in [4.69, 9.17) is 14.2 Å². The molecule has 2 N–H and O–H groups in total. The Labute approximate surface area is 286 Å². The molecule has 0 aliphatic heterocycles. The number of rotatable bonds is 9. The van der Waals surface area contributed by atoms with Crippen molar-refractivity contribution in [2.75, 3.05) is 12.4 Å². The molecule has 4 aromatic rings. The maximum Gasteiger partial charge on any atom is 0.411 e. The van der Waals surface area contributed by atoms with E-state index >= 15 is 0 Å². The van der Waals surface area contributed by atoms with Crippen LogP contribution in [0.15, 0.2) is 71.8 Å². The number of esters is 1. The molecule has 12 heteroatoms. The SMILES string of the molecule is COc1cc(C(=O)NS(=O)(=O)c2ccccc2C#CC(C)(C)OC(C)=O)ccc1Cc1cn(C)c2ccc(NC(=O)OC3CCCC3)cc12. The number of nitrogens with zero attached hydrogens (tertiary/aromatic N) is 1. The third kappa shape index (κ3) is 8.61. The molecule has 1 aromatic heterocycles. The lowest BCUT2D eigenvalue weighted by atomic mass is 10.0. The van der Waals surface area contributed by atoms with Gasteiger partial charge in [-0.25, -0.2) is 17.9 Å². The van der Waals surface area contributed by atoms with E-state index in [1.54, 1.807) is 26.0 Å². The number of carbonyl (C=O) groups excluding carboxylic acids is 3. The Morgan fingerprint density at radius 3 is 2.45 bits per heavy atom. The quantitative estimate of drug-likeness (QED) is 0.160. The van der Waals surface area contributed by atoms with Gasteiger partial charge in [0, 0.05) is 54.3 Å². The molecule has 0 bridgehead atoms. The monoisotopic (exact) mass is 685 g/mol. The number of benzene rings is 3. The molecule has 11 nitrogen and oxygen atoms in total. The number of hydrogen-bond donors (Lipinski definition) is 2. The Morgan fingerprint density at radius 1 is 1.00 bits per heavy atom. The van der Waals surface area contributed by atoms with E-state index < -0.39 is 33.6 Å². The number of ether oxygens (including phenoxy) is 3. The van der Waals surface area contributed by atoms with Crippen molar-refractivity contribution in [1.29, 1.82) is 0 Å². The number of fused-ring (bicyclic) bond motifs is 1. The van der Waals surface area contributed by atoms with Gasteiger partial charge >= 0.3 is 12.1 Å². The second-order valence-corrected chi connectivity index (χ2v) is 14.1. The summed E-state index contributed by atoms with van der Waals surface area (Å²) in [5.41, 5.74) is 2.36. The molecule has 1 heterocycles. The molecule has 3 aromatic carbocycles. The van der Waals surface area contributed by atoms with Crippen LogP contribution < -0.4 is 14.8 Å². The Bertz CT molecular complexity index is 2080. The van der Waals surface area contributed by atoms with Gasteiger partial charge in [-0.2, -0.15) is 0 Å². The molecule has 0 spiro atoms. The highest BCUT2D eigenvalue weighted by Gasteiger charge is 2.24. The van der Waals surface area contributed by atoms with Gasteiger partial charge in [0.1, 0.15) is 16.7 Å². The molecule has 49 heavy (non-hydrogen) atoms. The molecule has 0 saturated heterocycles. The standard InChI is InChI=1S/C37H39N3O8S/c1-24(41)48-37(2,3)19-18-25-10-6-9-13-34(25)49(44,45)39-35(42)27-15-14-26(33(21-27)46-5)20-28-23-40(4)32-17-16-29(22-31(28)32)38-36(43)47-30-11-7-8-12-30/h6,9-10,13-17,21-23,30H,7-8,11-12,20H2,1-5H3,(H,38,43)(H,39,42). The van der Waals surface area contributed by atoms with Gasteiger partial charge in [-0.1, -0.05) is 30.0 Å². The molecule has 0 unspecified atom stereocenters. The van der Waals surface area contributed by atoms with Crippen molar-refractivity contribution in [3.05, 3.63) is 89.1 Å². The second kappa shape index (κ2) is 14.5. The van der Waals surface area contributed by atoms with Gasteiger partial charge < -0.3 is 18.8 Å². The van der Waals surface area contributed by atoms with E-state index in [0.29, 0.717) is 17.9 Å². The lowest BCUT2D eigenvalue weighted by Gasteiger charge is -2.17. The third-order valence-corrected chi connectivity index (χ3v) is 9.51. The summed E-state index contributed by atoms with van der Waals surface area (Å²) in [5.74, 6) is 4.56. The molecule has 256 valence electrons. The van der Waals surface area contributed by atoms with Gasteiger partial charge in [-0.05, 0) is 93.1 Å². The van der Waals surface area contributed by atoms with Crippen LogP contribution >= 0.6 is 0 Å². The van der Waals surface area contributed by atoms with Gasteiger partial charge in [0.2, 0.25) is 0 Å². The van der Waals surface area contributed by atoms with E-state index in [2.05, 4.69) is 21.9 Å². The lowest BCUT2D eigenvalue weighted by molar-refractivity contribution is -0.148. The van der Waals surface area contributed by atoms with E-state index in [0.717, 1.165) is 47.7 Å². The highest BCUT2D eigenvalue weighted by molar-refractivity contribution is 7.90. The second-order valence-electron chi connectivity index (χ2n) is 12.4. The summed E-state index contributed by atoms with van der Waals surface area (Å²) in [6.45, 7) is 4.43. The van der Waals surface area contributed by atoms with Gasteiger partial charge in [0.15, 0.2) is 5.60 Å². The zero-order valence-corrected chi connectivity index (χ0v) is 28.9. The van der Waals surface area contributed by atoms with Crippen LogP contribution in [0.1, 0.15) is 73.5 Å². The fourth-order valence-corrected chi connectivity index (χ4v) is 7.02. The van der Waals surface area contributed by atoms with Gasteiger partial charge in [0.05, 0.1) is 7.11 Å². The number of aromatic nitrogens is 1. The van der Waals surface area contributed by atoms with E-state index in [1.165, 1.54) is 44.4 Å². The van der Waals surface area contributed by atoms with Crippen LogP contribution in [0, 0.1) is 11.8 Å². The van der Waals surface area contributed by atoms with Crippen LogP contribution in [0.5, 0.6) is 5.75 Å². The van der Waals surface area contributed by atoms with E-state index in [-0.39, 0.29) is 22.1 Å². The minimum Gasteiger partial charge on any atom is -0.496 e. The zero-order valence-electron chi connectivity index (χ0n) is 28.1. The van der Waals surface area contributed by atoms with Gasteiger partial charge in [0.25, 0.3) is 15.9 Å². The predicted molar refractivity (Wildman–Crippen MR) is 185 cm³/mol. The molecule has 1 aliphatic rings. The highest BCUT2D eigenvalue weighted by atomic mass is 32.2. The highest BCUT2D eigenvalue weighted by Crippen LogP contribution is 2.30. The molecule has 0 radical (unpaired) electrons. The first-order valence-electron chi connectivity index (χ1n) is 15.9. The summed E-state index contributed by atoms with van der Waals surface area (Å²) in [6.07, 6.45) is 5.81. The van der Waals surface area contributed by atoms with Crippen LogP contribution in [-0.2, 0) is 37.8 Å². The molecule has 1 saturated carbocycles. The first-order valence-corrected chi connectivity index (χ1v) is 17.3. The van der Waals surface area contributed by atoms with Crippen molar-refractivity contribution in [2.45, 2.75) is 69.5 Å². The number of hydrogen-bond acceptors (Lipinski definition) is 8. The van der Waals surface area contributed by atoms with Crippen LogP contribution in [0.25, 0.3) is 10.9 Å². The number of methoxy groups -OCH3 is 1. The van der Waals surface area contributed by atoms with E-state index in [1.807, 2.05) is 36.0 Å². The molecule has 5 rings (SSSR count). The fraction of sp³-hybridized carbons (Fsp3) is 0.324. The predicted octanol–water partition coefficient (Wildman–Crippen LogP) is 6.08. The lowest BCUT2D eigenvalue weighted by Crippen LogP contribution is -2.31. The minimum atomic E-state index is -4.34.